The van der Waals surface area contributed by atoms with Crippen LogP contribution >= 0.6 is 0 Å². The lowest BCUT2D eigenvalue weighted by molar-refractivity contribution is -0.210. The summed E-state index contributed by atoms with van der Waals surface area (Å²) in [6.07, 6.45) is 7.02. The molecule has 1 heterocycles. The van der Waals surface area contributed by atoms with Crippen LogP contribution in [0.1, 0.15) is 85.5 Å². The summed E-state index contributed by atoms with van der Waals surface area (Å²) >= 11 is 0. The van der Waals surface area contributed by atoms with E-state index in [9.17, 15) is 20.1 Å². The molecule has 32 heavy (non-hydrogen) atoms. The maximum Gasteiger partial charge on any atom is 0.308 e. The number of aliphatic hydroxyl groups is 3. The van der Waals surface area contributed by atoms with Crippen molar-refractivity contribution in [2.75, 3.05) is 0 Å². The van der Waals surface area contributed by atoms with Crippen LogP contribution in [0.15, 0.2) is 0 Å². The fourth-order valence-electron chi connectivity index (χ4n) is 9.55. The Morgan fingerprint density at radius 3 is 2.44 bits per heavy atom. The molecule has 13 atom stereocenters. The number of fused-ring (bicyclic) bond motifs is 5. The lowest BCUT2D eigenvalue weighted by Crippen LogP contribution is -2.62. The predicted molar refractivity (Wildman–Crippen MR) is 121 cm³/mol. The third-order valence-corrected chi connectivity index (χ3v) is 11.6. The van der Waals surface area contributed by atoms with Crippen molar-refractivity contribution in [3.63, 3.8) is 0 Å². The molecule has 4 aliphatic carbocycles. The first-order valence-electron chi connectivity index (χ1n) is 13.3. The number of hydrogen-bond donors (Lipinski definition) is 3. The van der Waals surface area contributed by atoms with E-state index in [1.807, 2.05) is 6.92 Å². The summed E-state index contributed by atoms with van der Waals surface area (Å²) in [7, 11) is 0. The monoisotopic (exact) mass is 448 g/mol. The Morgan fingerprint density at radius 1 is 0.969 bits per heavy atom. The summed E-state index contributed by atoms with van der Waals surface area (Å²) in [6, 6.07) is 0. The van der Waals surface area contributed by atoms with Crippen LogP contribution in [-0.2, 0) is 9.53 Å². The summed E-state index contributed by atoms with van der Waals surface area (Å²) in [4.78, 5) is 12.3. The van der Waals surface area contributed by atoms with Gasteiger partial charge in [-0.05, 0) is 104 Å². The number of aliphatic hydroxyl groups excluding tert-OH is 3. The Hall–Kier alpha value is -0.650. The summed E-state index contributed by atoms with van der Waals surface area (Å²) in [5.41, 5.74) is -0.140. The van der Waals surface area contributed by atoms with Crippen molar-refractivity contribution in [3.8, 4) is 0 Å². The largest absolute Gasteiger partial charge is 0.462 e. The van der Waals surface area contributed by atoms with Crippen LogP contribution in [0.5, 0.6) is 0 Å². The molecule has 1 saturated heterocycles. The zero-order chi connectivity index (χ0) is 23.0. The fourth-order valence-corrected chi connectivity index (χ4v) is 9.55. The zero-order valence-electron chi connectivity index (χ0n) is 20.4. The Kier molecular flexibility index (Phi) is 5.74. The summed E-state index contributed by atoms with van der Waals surface area (Å²) in [5.74, 6) is 1.65. The van der Waals surface area contributed by atoms with Crippen LogP contribution < -0.4 is 0 Å². The Bertz CT molecular complexity index is 740. The molecule has 0 radical (unpaired) electrons. The maximum atomic E-state index is 12.3. The predicted octanol–water partition coefficient (Wildman–Crippen LogP) is 3.93. The van der Waals surface area contributed by atoms with Gasteiger partial charge in [0, 0.05) is 0 Å². The molecule has 1 aliphatic heterocycles. The van der Waals surface area contributed by atoms with Crippen molar-refractivity contribution < 1.29 is 24.9 Å². The summed E-state index contributed by atoms with van der Waals surface area (Å²) in [5, 5.41) is 33.4. The molecule has 5 fully saturated rings. The molecule has 4 saturated carbocycles. The van der Waals surface area contributed by atoms with Gasteiger partial charge in [0.1, 0.15) is 6.10 Å². The third-order valence-electron chi connectivity index (χ3n) is 11.6. The smallest absolute Gasteiger partial charge is 0.308 e. The van der Waals surface area contributed by atoms with E-state index < -0.39 is 6.10 Å². The number of cyclic esters (lactones) is 1. The first kappa shape index (κ1) is 23.1. The number of ether oxygens (including phenoxy) is 1. The second kappa shape index (κ2) is 7.95. The SMILES string of the molecule is CC1CCC(C(C)C2CCC3C4C(O)CC5CC(O)CCC5(C)C4CC(O)C23C)OC1=O. The normalized spacial score (nSPS) is 56.5. The second-order valence-electron chi connectivity index (χ2n) is 12.8. The molecule has 0 aromatic heterocycles. The van der Waals surface area contributed by atoms with Gasteiger partial charge in [-0.15, -0.1) is 0 Å². The fraction of sp³-hybridized carbons (Fsp3) is 0.963. The number of carbonyl (C=O) groups is 1. The van der Waals surface area contributed by atoms with E-state index in [1.165, 1.54) is 0 Å². The van der Waals surface area contributed by atoms with Gasteiger partial charge in [0.05, 0.1) is 24.2 Å². The number of rotatable bonds is 2. The van der Waals surface area contributed by atoms with E-state index in [1.54, 1.807) is 0 Å². The van der Waals surface area contributed by atoms with Crippen LogP contribution in [0.2, 0.25) is 0 Å². The van der Waals surface area contributed by atoms with Crippen LogP contribution in [-0.4, -0.2) is 45.7 Å². The topological polar surface area (TPSA) is 87.0 Å². The average molecular weight is 449 g/mol. The van der Waals surface area contributed by atoms with Crippen LogP contribution in [0.25, 0.3) is 0 Å². The Morgan fingerprint density at radius 2 is 1.72 bits per heavy atom. The Labute approximate surface area is 193 Å². The molecular formula is C27H44O5. The highest BCUT2D eigenvalue weighted by atomic mass is 16.5. The van der Waals surface area contributed by atoms with Gasteiger partial charge in [0.25, 0.3) is 0 Å². The highest BCUT2D eigenvalue weighted by Gasteiger charge is 2.66. The van der Waals surface area contributed by atoms with E-state index in [0.29, 0.717) is 23.7 Å². The van der Waals surface area contributed by atoms with E-state index in [-0.39, 0.29) is 52.9 Å². The van der Waals surface area contributed by atoms with E-state index in [4.69, 9.17) is 4.74 Å². The van der Waals surface area contributed by atoms with Gasteiger partial charge in [0.15, 0.2) is 0 Å². The lowest BCUT2D eigenvalue weighted by Gasteiger charge is -2.63. The minimum atomic E-state index is -0.392. The van der Waals surface area contributed by atoms with E-state index in [0.717, 1.165) is 57.8 Å². The summed E-state index contributed by atoms with van der Waals surface area (Å²) < 4.78 is 5.86. The average Bonchev–Trinajstić information content (AvgIpc) is 3.10. The van der Waals surface area contributed by atoms with Gasteiger partial charge in [-0.3, -0.25) is 4.79 Å². The number of carbonyl (C=O) groups excluding carboxylic acids is 1. The van der Waals surface area contributed by atoms with Crippen molar-refractivity contribution in [1.82, 2.24) is 0 Å². The molecule has 5 rings (SSSR count). The van der Waals surface area contributed by atoms with Gasteiger partial charge in [0.2, 0.25) is 0 Å². The summed E-state index contributed by atoms with van der Waals surface area (Å²) in [6.45, 7) is 8.82. The standard InChI is InChI=1S/C27H44O5/c1-14-5-8-22(32-25(14)31)15(2)18-6-7-19-24-20(13-23(30)27(18,19)4)26(3)10-9-17(28)11-16(26)12-21(24)29/h14-24,28-30H,5-13H2,1-4H3. The molecule has 13 unspecified atom stereocenters. The molecule has 0 aromatic carbocycles. The van der Waals surface area contributed by atoms with Gasteiger partial charge in [-0.25, -0.2) is 0 Å². The zero-order valence-corrected chi connectivity index (χ0v) is 20.4. The van der Waals surface area contributed by atoms with Crippen LogP contribution in [0.4, 0.5) is 0 Å². The van der Waals surface area contributed by atoms with Crippen molar-refractivity contribution in [3.05, 3.63) is 0 Å². The molecule has 0 amide bonds. The van der Waals surface area contributed by atoms with Crippen molar-refractivity contribution >= 4 is 5.97 Å². The molecule has 0 aromatic rings. The van der Waals surface area contributed by atoms with Gasteiger partial charge in [-0.2, -0.15) is 0 Å². The second-order valence-corrected chi connectivity index (χ2v) is 12.8. The highest BCUT2D eigenvalue weighted by Crippen LogP contribution is 2.68. The first-order chi connectivity index (χ1) is 15.1. The van der Waals surface area contributed by atoms with Crippen molar-refractivity contribution in [2.24, 2.45) is 52.3 Å². The first-order valence-corrected chi connectivity index (χ1v) is 13.3. The molecule has 3 N–H and O–H groups in total. The molecule has 5 aliphatic rings. The van der Waals surface area contributed by atoms with Crippen molar-refractivity contribution in [2.45, 2.75) is 110 Å². The van der Waals surface area contributed by atoms with Gasteiger partial charge < -0.3 is 20.1 Å². The molecule has 0 spiro atoms. The molecular weight excluding hydrogens is 404 g/mol. The van der Waals surface area contributed by atoms with Crippen LogP contribution in [0.3, 0.4) is 0 Å². The minimum absolute atomic E-state index is 0.00789. The number of esters is 1. The highest BCUT2D eigenvalue weighted by molar-refractivity contribution is 5.72. The third kappa shape index (κ3) is 3.24. The van der Waals surface area contributed by atoms with Crippen molar-refractivity contribution in [1.29, 1.82) is 0 Å². The van der Waals surface area contributed by atoms with Gasteiger partial charge >= 0.3 is 5.97 Å². The maximum absolute atomic E-state index is 12.3. The lowest BCUT2D eigenvalue weighted by atomic mass is 9.43. The van der Waals surface area contributed by atoms with E-state index >= 15 is 0 Å². The van der Waals surface area contributed by atoms with Gasteiger partial charge in [-0.1, -0.05) is 27.7 Å². The molecule has 5 nitrogen and oxygen atoms in total. The molecule has 182 valence electrons. The number of hydrogen-bond acceptors (Lipinski definition) is 5. The quantitative estimate of drug-likeness (QED) is 0.557. The van der Waals surface area contributed by atoms with Crippen LogP contribution in [0, 0.1) is 52.3 Å². The Balaban J connectivity index is 1.41. The molecule has 5 heteroatoms. The molecule has 0 bridgehead atoms. The minimum Gasteiger partial charge on any atom is -0.462 e. The van der Waals surface area contributed by atoms with E-state index in [2.05, 4.69) is 20.8 Å².